The van der Waals surface area contributed by atoms with Gasteiger partial charge in [0.25, 0.3) is 0 Å². The maximum atomic E-state index is 11.9. The first kappa shape index (κ1) is 16.9. The van der Waals surface area contributed by atoms with E-state index in [-0.39, 0.29) is 30.9 Å². The molecule has 116 valence electrons. The largest absolute Gasteiger partial charge is 0.396 e. The first-order valence-corrected chi connectivity index (χ1v) is 7.46. The molecule has 0 saturated carbocycles. The second kappa shape index (κ2) is 9.72. The fourth-order valence-electron chi connectivity index (χ4n) is 2.37. The zero-order valence-corrected chi connectivity index (χ0v) is 12.0. The average Bonchev–Trinajstić information content (AvgIpc) is 2.47. The van der Waals surface area contributed by atoms with Gasteiger partial charge >= 0.3 is 0 Å². The fraction of sp³-hybridized carbons (Fsp3) is 0.857. The van der Waals surface area contributed by atoms with E-state index >= 15 is 0 Å². The van der Waals surface area contributed by atoms with Gasteiger partial charge in [-0.05, 0) is 32.1 Å². The van der Waals surface area contributed by atoms with Gasteiger partial charge in [0.1, 0.15) is 0 Å². The number of nitrogens with zero attached hydrogens (tertiary/aromatic N) is 1. The summed E-state index contributed by atoms with van der Waals surface area (Å²) in [6.45, 7) is 1.99. The smallest absolute Gasteiger partial charge is 0.223 e. The summed E-state index contributed by atoms with van der Waals surface area (Å²) < 4.78 is 0. The van der Waals surface area contributed by atoms with Crippen LogP contribution in [0.3, 0.4) is 0 Å². The third-order valence-electron chi connectivity index (χ3n) is 3.65. The molecule has 1 heterocycles. The van der Waals surface area contributed by atoms with Crippen LogP contribution in [0.1, 0.15) is 38.5 Å². The summed E-state index contributed by atoms with van der Waals surface area (Å²) in [6, 6.07) is 0. The Hall–Kier alpha value is -1.14. The van der Waals surface area contributed by atoms with Gasteiger partial charge in [0.2, 0.25) is 11.8 Å². The minimum absolute atomic E-state index is 0.0183. The molecular weight excluding hydrogens is 260 g/mol. The number of aliphatic hydroxyl groups is 2. The van der Waals surface area contributed by atoms with Crippen LogP contribution in [-0.4, -0.2) is 59.8 Å². The molecule has 6 nitrogen and oxygen atoms in total. The Morgan fingerprint density at radius 1 is 1.05 bits per heavy atom. The number of carbonyl (C=O) groups is 2. The lowest BCUT2D eigenvalue weighted by atomic mass is 9.95. The zero-order chi connectivity index (χ0) is 14.8. The molecule has 1 saturated heterocycles. The van der Waals surface area contributed by atoms with Crippen LogP contribution in [0.2, 0.25) is 0 Å². The van der Waals surface area contributed by atoms with E-state index in [0.717, 1.165) is 6.42 Å². The molecule has 0 aromatic rings. The predicted molar refractivity (Wildman–Crippen MR) is 75.0 cm³/mol. The second-order valence-corrected chi connectivity index (χ2v) is 5.20. The van der Waals surface area contributed by atoms with E-state index in [2.05, 4.69) is 5.32 Å². The highest BCUT2D eigenvalue weighted by atomic mass is 16.3. The average molecular weight is 286 g/mol. The number of rotatable bonds is 8. The van der Waals surface area contributed by atoms with Crippen molar-refractivity contribution in [3.05, 3.63) is 0 Å². The quantitative estimate of drug-likeness (QED) is 0.543. The Labute approximate surface area is 120 Å². The lowest BCUT2D eigenvalue weighted by molar-refractivity contribution is -0.135. The summed E-state index contributed by atoms with van der Waals surface area (Å²) >= 11 is 0. The van der Waals surface area contributed by atoms with Crippen LogP contribution in [0.4, 0.5) is 0 Å². The van der Waals surface area contributed by atoms with Crippen LogP contribution in [0.5, 0.6) is 0 Å². The predicted octanol–water partition coefficient (Wildman–Crippen LogP) is -0.114. The highest BCUT2D eigenvalue weighted by Gasteiger charge is 2.26. The number of piperidine rings is 1. The molecule has 0 bridgehead atoms. The van der Waals surface area contributed by atoms with E-state index in [0.29, 0.717) is 51.7 Å². The zero-order valence-electron chi connectivity index (χ0n) is 12.0. The van der Waals surface area contributed by atoms with Crippen molar-refractivity contribution in [1.82, 2.24) is 10.2 Å². The molecule has 1 fully saturated rings. The van der Waals surface area contributed by atoms with Crippen LogP contribution in [0.25, 0.3) is 0 Å². The van der Waals surface area contributed by atoms with Crippen LogP contribution in [0, 0.1) is 5.92 Å². The monoisotopic (exact) mass is 286 g/mol. The molecule has 2 amide bonds. The molecule has 0 unspecified atom stereocenters. The third kappa shape index (κ3) is 5.88. The van der Waals surface area contributed by atoms with Crippen molar-refractivity contribution in [3.63, 3.8) is 0 Å². The summed E-state index contributed by atoms with van der Waals surface area (Å²) in [5.41, 5.74) is 0. The lowest BCUT2D eigenvalue weighted by Crippen LogP contribution is -2.43. The number of nitrogens with one attached hydrogen (secondary N) is 1. The number of carbonyl (C=O) groups excluding carboxylic acids is 2. The van der Waals surface area contributed by atoms with E-state index in [1.54, 1.807) is 0 Å². The highest BCUT2D eigenvalue weighted by Crippen LogP contribution is 2.18. The molecule has 1 rings (SSSR count). The Kier molecular flexibility index (Phi) is 8.22. The Balaban J connectivity index is 2.21. The summed E-state index contributed by atoms with van der Waals surface area (Å²) in [5.74, 6) is 0.138. The number of amides is 2. The van der Waals surface area contributed by atoms with Crippen molar-refractivity contribution in [2.45, 2.75) is 38.5 Å². The molecule has 6 heteroatoms. The van der Waals surface area contributed by atoms with E-state index in [1.165, 1.54) is 0 Å². The van der Waals surface area contributed by atoms with Gasteiger partial charge in [-0.1, -0.05) is 0 Å². The Bertz CT molecular complexity index is 272. The van der Waals surface area contributed by atoms with Crippen LogP contribution < -0.4 is 5.32 Å². The van der Waals surface area contributed by atoms with E-state index in [9.17, 15) is 9.59 Å². The molecule has 1 aliphatic rings. The second-order valence-electron chi connectivity index (χ2n) is 5.20. The third-order valence-corrected chi connectivity index (χ3v) is 3.65. The van der Waals surface area contributed by atoms with Gasteiger partial charge in [-0.3, -0.25) is 9.59 Å². The van der Waals surface area contributed by atoms with Crippen molar-refractivity contribution in [2.24, 2.45) is 5.92 Å². The van der Waals surface area contributed by atoms with Gasteiger partial charge in [-0.25, -0.2) is 0 Å². The molecule has 0 aromatic heterocycles. The van der Waals surface area contributed by atoms with Crippen molar-refractivity contribution < 1.29 is 19.8 Å². The summed E-state index contributed by atoms with van der Waals surface area (Å²) in [7, 11) is 0. The number of hydrogen-bond acceptors (Lipinski definition) is 4. The highest BCUT2D eigenvalue weighted by molar-refractivity contribution is 5.80. The summed E-state index contributed by atoms with van der Waals surface area (Å²) in [6.07, 6.45) is 3.85. The molecule has 0 atom stereocenters. The molecule has 1 aliphatic heterocycles. The lowest BCUT2D eigenvalue weighted by Gasteiger charge is -2.31. The maximum Gasteiger partial charge on any atom is 0.223 e. The fourth-order valence-corrected chi connectivity index (χ4v) is 2.37. The standard InChI is InChI=1S/C14H26N2O4/c17-10-2-1-4-13(19)16-8-5-12(6-9-16)14(20)15-7-3-11-18/h12,17-18H,1-11H2,(H,15,20). The minimum atomic E-state index is -0.0183. The Morgan fingerprint density at radius 3 is 2.30 bits per heavy atom. The number of likely N-dealkylation sites (tertiary alicyclic amines) is 1. The summed E-state index contributed by atoms with van der Waals surface area (Å²) in [5, 5.41) is 20.2. The first-order valence-electron chi connectivity index (χ1n) is 7.46. The van der Waals surface area contributed by atoms with Crippen molar-refractivity contribution >= 4 is 11.8 Å². The van der Waals surface area contributed by atoms with Gasteiger partial charge in [0.05, 0.1) is 0 Å². The van der Waals surface area contributed by atoms with E-state index < -0.39 is 0 Å². The molecule has 0 radical (unpaired) electrons. The van der Waals surface area contributed by atoms with Crippen molar-refractivity contribution in [1.29, 1.82) is 0 Å². The maximum absolute atomic E-state index is 11.9. The molecule has 0 spiro atoms. The van der Waals surface area contributed by atoms with Crippen LogP contribution in [0.15, 0.2) is 0 Å². The molecule has 0 aromatic carbocycles. The van der Waals surface area contributed by atoms with E-state index in [1.807, 2.05) is 4.90 Å². The van der Waals surface area contributed by atoms with Gasteiger partial charge in [-0.15, -0.1) is 0 Å². The minimum Gasteiger partial charge on any atom is -0.396 e. The molecule has 20 heavy (non-hydrogen) atoms. The molecule has 3 N–H and O–H groups in total. The number of aliphatic hydroxyl groups excluding tert-OH is 2. The summed E-state index contributed by atoms with van der Waals surface area (Å²) in [4.78, 5) is 25.5. The van der Waals surface area contributed by atoms with Crippen molar-refractivity contribution in [2.75, 3.05) is 32.8 Å². The van der Waals surface area contributed by atoms with Gasteiger partial charge in [-0.2, -0.15) is 0 Å². The van der Waals surface area contributed by atoms with Crippen LogP contribution in [-0.2, 0) is 9.59 Å². The SMILES string of the molecule is O=C(NCCCO)C1CCN(C(=O)CCCCO)CC1. The van der Waals surface area contributed by atoms with Gasteiger partial charge < -0.3 is 20.4 Å². The van der Waals surface area contributed by atoms with Crippen LogP contribution >= 0.6 is 0 Å². The molecule has 0 aliphatic carbocycles. The van der Waals surface area contributed by atoms with Gasteiger partial charge in [0.15, 0.2) is 0 Å². The molecular formula is C14H26N2O4. The number of unbranched alkanes of at least 4 members (excludes halogenated alkanes) is 1. The first-order chi connectivity index (χ1) is 9.69. The van der Waals surface area contributed by atoms with Gasteiger partial charge in [0, 0.05) is 45.2 Å². The topological polar surface area (TPSA) is 89.9 Å². The van der Waals surface area contributed by atoms with E-state index in [4.69, 9.17) is 10.2 Å². The Morgan fingerprint density at radius 2 is 1.70 bits per heavy atom. The number of hydrogen-bond donors (Lipinski definition) is 3. The normalized spacial score (nSPS) is 16.2. The van der Waals surface area contributed by atoms with Crippen molar-refractivity contribution in [3.8, 4) is 0 Å².